The molecule has 0 saturated carbocycles. The molecule has 3 aliphatic rings. The molecule has 2 aromatic heterocycles. The number of carbonyl (C=O) groups excluding carboxylic acids is 1. The topological polar surface area (TPSA) is 115 Å². The molecule has 44 heavy (non-hydrogen) atoms. The molecule has 0 aliphatic carbocycles. The fourth-order valence-corrected chi connectivity index (χ4v) is 6.45. The molecule has 5 heterocycles. The largest absolute Gasteiger partial charge is 0.457 e. The summed E-state index contributed by atoms with van der Waals surface area (Å²) in [6.07, 6.45) is 3.45. The highest BCUT2D eigenvalue weighted by molar-refractivity contribution is 5.98. The summed E-state index contributed by atoms with van der Waals surface area (Å²) in [7, 11) is 0. The van der Waals surface area contributed by atoms with Crippen LogP contribution in [0, 0.1) is 0 Å². The number of nitrogens with two attached hydrogens (primary N) is 1. The lowest BCUT2D eigenvalue weighted by Gasteiger charge is -2.54. The van der Waals surface area contributed by atoms with Crippen LogP contribution in [0.15, 0.2) is 60.9 Å². The molecule has 11 heteroatoms. The normalized spacial score (nSPS) is 20.3. The number of piperidine rings is 1. The Morgan fingerprint density at radius 1 is 0.864 bits per heavy atom. The molecule has 0 bridgehead atoms. The quantitative estimate of drug-likeness (QED) is 0.335. The highest BCUT2D eigenvalue weighted by Crippen LogP contribution is 2.36. The molecule has 0 unspecified atom stereocenters. The summed E-state index contributed by atoms with van der Waals surface area (Å²) in [4.78, 5) is 28.2. The zero-order valence-electron chi connectivity index (χ0n) is 25.6. The third kappa shape index (κ3) is 5.69. The van der Waals surface area contributed by atoms with E-state index in [1.165, 1.54) is 6.33 Å². The van der Waals surface area contributed by atoms with Gasteiger partial charge in [-0.2, -0.15) is 5.10 Å². The smallest absolute Gasteiger partial charge is 0.410 e. The maximum absolute atomic E-state index is 12.3. The molecule has 3 aliphatic heterocycles. The van der Waals surface area contributed by atoms with Crippen molar-refractivity contribution in [2.75, 3.05) is 45.0 Å². The Labute approximate surface area is 257 Å². The number of amides is 1. The van der Waals surface area contributed by atoms with Gasteiger partial charge in [-0.25, -0.2) is 19.4 Å². The lowest BCUT2D eigenvalue weighted by Crippen LogP contribution is -2.70. The number of carbonyl (C=O) groups is 1. The first kappa shape index (κ1) is 28.5. The van der Waals surface area contributed by atoms with E-state index in [0.29, 0.717) is 17.9 Å². The summed E-state index contributed by atoms with van der Waals surface area (Å²) < 4.78 is 13.6. The minimum absolute atomic E-state index is 0.190. The number of aromatic nitrogens is 4. The monoisotopic (exact) mass is 596 g/mol. The Morgan fingerprint density at radius 2 is 1.55 bits per heavy atom. The first-order valence-corrected chi connectivity index (χ1v) is 15.5. The van der Waals surface area contributed by atoms with Crippen LogP contribution < -0.4 is 10.5 Å². The number of nitrogen functional groups attached to an aromatic ring is 1. The number of ether oxygens (including phenoxy) is 2. The average molecular weight is 597 g/mol. The van der Waals surface area contributed by atoms with E-state index in [9.17, 15) is 4.79 Å². The molecule has 7 rings (SSSR count). The Balaban J connectivity index is 1.02. The van der Waals surface area contributed by atoms with Crippen molar-refractivity contribution in [2.24, 2.45) is 0 Å². The highest BCUT2D eigenvalue weighted by Gasteiger charge is 2.44. The van der Waals surface area contributed by atoms with Gasteiger partial charge in [0, 0.05) is 50.4 Å². The molecular formula is C33H40N8O3. The van der Waals surface area contributed by atoms with Gasteiger partial charge in [-0.05, 0) is 76.6 Å². The number of nitrogens with zero attached hydrogens (tertiary/aromatic N) is 7. The van der Waals surface area contributed by atoms with E-state index in [2.05, 4.69) is 24.4 Å². The Morgan fingerprint density at radius 3 is 2.27 bits per heavy atom. The van der Waals surface area contributed by atoms with E-state index in [1.54, 1.807) is 4.90 Å². The molecule has 0 spiro atoms. The maximum Gasteiger partial charge on any atom is 0.410 e. The summed E-state index contributed by atoms with van der Waals surface area (Å²) >= 11 is 0. The molecule has 2 N–H and O–H groups in total. The van der Waals surface area contributed by atoms with Crippen LogP contribution in [0.1, 0.15) is 39.7 Å². The zero-order chi connectivity index (χ0) is 30.4. The van der Waals surface area contributed by atoms with Gasteiger partial charge in [-0.1, -0.05) is 18.2 Å². The fraction of sp³-hybridized carbons (Fsp3) is 0.455. The number of para-hydroxylation sites is 1. The predicted octanol–water partition coefficient (Wildman–Crippen LogP) is 4.81. The van der Waals surface area contributed by atoms with Crippen LogP contribution in [0.5, 0.6) is 11.5 Å². The van der Waals surface area contributed by atoms with Crippen LogP contribution in [-0.2, 0) is 4.74 Å². The van der Waals surface area contributed by atoms with E-state index in [4.69, 9.17) is 20.3 Å². The zero-order valence-corrected chi connectivity index (χ0v) is 25.6. The van der Waals surface area contributed by atoms with Crippen molar-refractivity contribution < 1.29 is 14.3 Å². The highest BCUT2D eigenvalue weighted by atomic mass is 16.6. The second kappa shape index (κ2) is 11.4. The Bertz CT molecular complexity index is 1620. The Hall–Kier alpha value is -4.22. The standard InChI is InChI=1S/C33H40N8O3/c1-33(2,3)44-32(42)40-19-25(20-40)39-17-24(18-39)38-15-7-8-23(16-38)41-31-28(30(34)35-21-36-31)29(37-41)22-11-13-27(14-12-22)43-26-9-5-4-6-10-26/h4-6,9-14,21,23-25H,7-8,15-20H2,1-3H3,(H2,34,35,36)/t23-/m1/s1. The number of hydrogen-bond acceptors (Lipinski definition) is 9. The number of fused-ring (bicyclic) bond motifs is 1. The van der Waals surface area contributed by atoms with Crippen LogP contribution in [-0.4, -0.2) is 97.5 Å². The molecule has 3 saturated heterocycles. The summed E-state index contributed by atoms with van der Waals surface area (Å²) in [5.74, 6) is 1.98. The number of rotatable bonds is 6. The van der Waals surface area contributed by atoms with Crippen molar-refractivity contribution in [3.8, 4) is 22.8 Å². The third-order valence-corrected chi connectivity index (χ3v) is 8.84. The second-order valence-electron chi connectivity index (χ2n) is 13.1. The lowest BCUT2D eigenvalue weighted by atomic mass is 9.96. The SMILES string of the molecule is CC(C)(C)OC(=O)N1CC(N2CC(N3CCC[C@@H](n4nc(-c5ccc(Oc6ccccc6)cc5)c5c(N)ncnc54)C3)C2)C1. The number of anilines is 1. The molecule has 1 amide bonds. The van der Waals surface area contributed by atoms with Crippen LogP contribution in [0.2, 0.25) is 0 Å². The van der Waals surface area contributed by atoms with Crippen molar-refractivity contribution in [2.45, 2.75) is 57.3 Å². The molecular weight excluding hydrogens is 556 g/mol. The predicted molar refractivity (Wildman–Crippen MR) is 168 cm³/mol. The molecule has 11 nitrogen and oxygen atoms in total. The van der Waals surface area contributed by atoms with E-state index in [-0.39, 0.29) is 12.1 Å². The summed E-state index contributed by atoms with van der Waals surface area (Å²) in [6, 6.07) is 18.8. The van der Waals surface area contributed by atoms with Crippen molar-refractivity contribution >= 4 is 22.9 Å². The van der Waals surface area contributed by atoms with Gasteiger partial charge in [-0.15, -0.1) is 0 Å². The van der Waals surface area contributed by atoms with E-state index in [1.807, 2.05) is 75.4 Å². The molecule has 230 valence electrons. The minimum atomic E-state index is -0.463. The number of hydrogen-bond donors (Lipinski definition) is 1. The van der Waals surface area contributed by atoms with Crippen molar-refractivity contribution in [3.05, 3.63) is 60.9 Å². The molecule has 4 aromatic rings. The fourth-order valence-electron chi connectivity index (χ4n) is 6.45. The van der Waals surface area contributed by atoms with Gasteiger partial charge in [0.1, 0.15) is 34.9 Å². The van der Waals surface area contributed by atoms with Gasteiger partial charge in [0.05, 0.1) is 11.4 Å². The Kier molecular flexibility index (Phi) is 7.37. The third-order valence-electron chi connectivity index (χ3n) is 8.84. The first-order valence-electron chi connectivity index (χ1n) is 15.5. The first-order chi connectivity index (χ1) is 21.2. The molecule has 0 radical (unpaired) electrons. The van der Waals surface area contributed by atoms with Gasteiger partial charge in [0.25, 0.3) is 0 Å². The van der Waals surface area contributed by atoms with Gasteiger partial charge < -0.3 is 20.1 Å². The van der Waals surface area contributed by atoms with Crippen molar-refractivity contribution in [1.29, 1.82) is 0 Å². The molecule has 3 fully saturated rings. The van der Waals surface area contributed by atoms with Crippen LogP contribution in [0.3, 0.4) is 0 Å². The minimum Gasteiger partial charge on any atom is -0.457 e. The van der Waals surface area contributed by atoms with Crippen LogP contribution >= 0.6 is 0 Å². The van der Waals surface area contributed by atoms with Gasteiger partial charge >= 0.3 is 6.09 Å². The summed E-state index contributed by atoms with van der Waals surface area (Å²) in [5.41, 5.74) is 8.46. The number of likely N-dealkylation sites (tertiary alicyclic amines) is 3. The van der Waals surface area contributed by atoms with Gasteiger partial charge in [0.2, 0.25) is 0 Å². The molecule has 2 aromatic carbocycles. The van der Waals surface area contributed by atoms with E-state index < -0.39 is 5.60 Å². The number of benzene rings is 2. The second-order valence-corrected chi connectivity index (χ2v) is 13.1. The maximum atomic E-state index is 12.3. The average Bonchev–Trinajstić information content (AvgIpc) is 3.35. The van der Waals surface area contributed by atoms with Crippen LogP contribution in [0.25, 0.3) is 22.3 Å². The van der Waals surface area contributed by atoms with Crippen molar-refractivity contribution in [1.82, 2.24) is 34.4 Å². The van der Waals surface area contributed by atoms with E-state index in [0.717, 1.165) is 85.9 Å². The van der Waals surface area contributed by atoms with Gasteiger partial charge in [0.15, 0.2) is 5.65 Å². The van der Waals surface area contributed by atoms with Crippen molar-refractivity contribution in [3.63, 3.8) is 0 Å². The molecule has 1 atom stereocenters. The summed E-state index contributed by atoms with van der Waals surface area (Å²) in [6.45, 7) is 11.2. The summed E-state index contributed by atoms with van der Waals surface area (Å²) in [5, 5.41) is 5.91. The van der Waals surface area contributed by atoms with Gasteiger partial charge in [-0.3, -0.25) is 9.80 Å². The lowest BCUT2D eigenvalue weighted by molar-refractivity contribution is -0.0637. The van der Waals surface area contributed by atoms with Crippen LogP contribution in [0.4, 0.5) is 10.6 Å². The van der Waals surface area contributed by atoms with E-state index >= 15 is 0 Å².